The van der Waals surface area contributed by atoms with E-state index < -0.39 is 17.5 Å². The molecule has 0 radical (unpaired) electrons. The first-order chi connectivity index (χ1) is 9.43. The molecular weight excluding hydrogens is 284 g/mol. The number of fused-ring (bicyclic) bond motifs is 1. The van der Waals surface area contributed by atoms with Gasteiger partial charge in [0, 0.05) is 14.1 Å². The number of esters is 2. The summed E-state index contributed by atoms with van der Waals surface area (Å²) < 4.78 is 12.5. The molecule has 2 aliphatic rings. The van der Waals surface area contributed by atoms with Crippen LogP contribution in [0.2, 0.25) is 0 Å². The van der Waals surface area contributed by atoms with E-state index in [0.29, 0.717) is 11.4 Å². The summed E-state index contributed by atoms with van der Waals surface area (Å²) in [7, 11) is 4.44. The zero-order valence-electron chi connectivity index (χ0n) is 11.6. The van der Waals surface area contributed by atoms with Gasteiger partial charge in [0.25, 0.3) is 5.56 Å². The van der Waals surface area contributed by atoms with Gasteiger partial charge in [-0.2, -0.15) is 0 Å². The van der Waals surface area contributed by atoms with Gasteiger partial charge in [-0.05, 0) is 18.5 Å². The average molecular weight is 298 g/mol. The molecule has 0 saturated heterocycles. The molecule has 108 valence electrons. The molecule has 0 atom stereocenters. The summed E-state index contributed by atoms with van der Waals surface area (Å²) in [6, 6.07) is 0. The third kappa shape index (κ3) is 1.92. The zero-order chi connectivity index (χ0) is 15.0. The molecule has 20 heavy (non-hydrogen) atoms. The molecule has 0 bridgehead atoms. The molecule has 0 saturated carbocycles. The average Bonchev–Trinajstić information content (AvgIpc) is 2.87. The van der Waals surface area contributed by atoms with Gasteiger partial charge < -0.3 is 14.0 Å². The Morgan fingerprint density at radius 2 is 1.85 bits per heavy atom. The number of rotatable bonds is 3. The summed E-state index contributed by atoms with van der Waals surface area (Å²) in [4.78, 5) is 36.1. The first-order valence-corrected chi connectivity index (χ1v) is 6.65. The fourth-order valence-corrected chi connectivity index (χ4v) is 3.07. The molecule has 2 aliphatic heterocycles. The van der Waals surface area contributed by atoms with Crippen molar-refractivity contribution in [2.24, 2.45) is 14.1 Å². The molecule has 0 aromatic carbocycles. The van der Waals surface area contributed by atoms with E-state index in [9.17, 15) is 14.4 Å². The van der Waals surface area contributed by atoms with Crippen LogP contribution in [-0.2, 0) is 23.6 Å². The molecule has 7 nitrogen and oxygen atoms in total. The predicted octanol–water partition coefficient (Wildman–Crippen LogP) is 0.853. The Kier molecular flexibility index (Phi) is 3.67. The van der Waals surface area contributed by atoms with Gasteiger partial charge in [0.2, 0.25) is 0 Å². The van der Waals surface area contributed by atoms with E-state index in [1.54, 1.807) is 17.9 Å². The monoisotopic (exact) mass is 298 g/mol. The van der Waals surface area contributed by atoms with E-state index in [4.69, 9.17) is 9.47 Å². The minimum absolute atomic E-state index is 0.0572. The number of aromatic nitrogens is 2. The molecular formula is C12H14N2O5S. The predicted molar refractivity (Wildman–Crippen MR) is 72.4 cm³/mol. The van der Waals surface area contributed by atoms with E-state index in [-0.39, 0.29) is 17.0 Å². The van der Waals surface area contributed by atoms with Crippen molar-refractivity contribution < 1.29 is 19.1 Å². The lowest BCUT2D eigenvalue weighted by Gasteiger charge is -2.01. The molecule has 0 unspecified atom stereocenters. The van der Waals surface area contributed by atoms with Crippen molar-refractivity contribution in [3.05, 3.63) is 20.8 Å². The second-order valence-electron chi connectivity index (χ2n) is 4.07. The first kappa shape index (κ1) is 14.3. The molecule has 0 aromatic heterocycles. The second-order valence-corrected chi connectivity index (χ2v) is 5.20. The highest BCUT2D eigenvalue weighted by Gasteiger charge is 2.34. The number of ether oxygens (including phenoxy) is 2. The lowest BCUT2D eigenvalue weighted by molar-refractivity contribution is 0.0524. The summed E-state index contributed by atoms with van der Waals surface area (Å²) in [5.74, 6) is -1.23. The van der Waals surface area contributed by atoms with E-state index in [1.165, 1.54) is 18.7 Å². The Labute approximate surface area is 118 Å². The maximum atomic E-state index is 12.2. The zero-order valence-corrected chi connectivity index (χ0v) is 12.4. The van der Waals surface area contributed by atoms with Gasteiger partial charge in [-0.3, -0.25) is 8.75 Å². The first-order valence-electron chi connectivity index (χ1n) is 5.88. The minimum atomic E-state index is -0.687. The van der Waals surface area contributed by atoms with Crippen molar-refractivity contribution in [3.8, 4) is 11.4 Å². The Balaban J connectivity index is 2.73. The van der Waals surface area contributed by atoms with E-state index >= 15 is 0 Å². The van der Waals surface area contributed by atoms with E-state index in [1.807, 2.05) is 0 Å². The van der Waals surface area contributed by atoms with Crippen LogP contribution in [0.4, 0.5) is 0 Å². The van der Waals surface area contributed by atoms with Gasteiger partial charge in [0.05, 0.1) is 25.1 Å². The van der Waals surface area contributed by atoms with Gasteiger partial charge in [-0.25, -0.2) is 9.59 Å². The third-order valence-corrected chi connectivity index (χ3v) is 3.92. The topological polar surface area (TPSA) is 79.5 Å². The number of nitrogens with zero attached hydrogens (tertiary/aromatic N) is 2. The van der Waals surface area contributed by atoms with Crippen molar-refractivity contribution in [1.82, 2.24) is 8.52 Å². The fourth-order valence-electron chi connectivity index (χ4n) is 2.05. The van der Waals surface area contributed by atoms with Crippen molar-refractivity contribution in [3.63, 3.8) is 0 Å². The highest BCUT2D eigenvalue weighted by atomic mass is 32.1. The molecule has 0 aliphatic carbocycles. The Morgan fingerprint density at radius 1 is 1.20 bits per heavy atom. The van der Waals surface area contributed by atoms with Gasteiger partial charge in [0.15, 0.2) is 10.4 Å². The van der Waals surface area contributed by atoms with Crippen LogP contribution in [0.1, 0.15) is 27.0 Å². The molecule has 0 N–H and O–H groups in total. The Hall–Kier alpha value is -2.09. The number of carbonyl (C=O) groups is 2. The van der Waals surface area contributed by atoms with Gasteiger partial charge >= 0.3 is 11.9 Å². The van der Waals surface area contributed by atoms with Crippen LogP contribution in [0, 0.1) is 0 Å². The van der Waals surface area contributed by atoms with Crippen molar-refractivity contribution >= 4 is 23.5 Å². The lowest BCUT2D eigenvalue weighted by atomic mass is 10.2. The quantitative estimate of drug-likeness (QED) is 0.785. The minimum Gasteiger partial charge on any atom is -0.465 e. The molecule has 0 spiro atoms. The van der Waals surface area contributed by atoms with E-state index in [0.717, 1.165) is 11.5 Å². The van der Waals surface area contributed by atoms with Crippen LogP contribution < -0.4 is 5.56 Å². The van der Waals surface area contributed by atoms with Crippen molar-refractivity contribution in [2.75, 3.05) is 13.7 Å². The number of methoxy groups -OCH3 is 1. The molecule has 0 aromatic rings. The SMILES string of the molecule is CCOC(=O)c1c2n(C)sc(C(=O)OC)c-2n(C)c1=O. The standard InChI is InChI=1S/C12H14N2O5S/c1-5-19-11(16)6-7-8(13(2)10(6)15)9(12(17)18-4)20-14(7)3/h5H2,1-4H3. The van der Waals surface area contributed by atoms with Crippen molar-refractivity contribution in [1.29, 1.82) is 0 Å². The molecule has 8 heteroatoms. The van der Waals surface area contributed by atoms with Crippen LogP contribution in [0.25, 0.3) is 11.4 Å². The molecule has 0 amide bonds. The summed E-state index contributed by atoms with van der Waals surface area (Å²) in [6.07, 6.45) is 0. The maximum Gasteiger partial charge on any atom is 0.351 e. The van der Waals surface area contributed by atoms with Crippen LogP contribution in [0.5, 0.6) is 0 Å². The van der Waals surface area contributed by atoms with Crippen LogP contribution in [0.3, 0.4) is 0 Å². The molecule has 2 rings (SSSR count). The van der Waals surface area contributed by atoms with Crippen LogP contribution >= 0.6 is 11.5 Å². The number of carbonyl (C=O) groups excluding carboxylic acids is 2. The number of hydrogen-bond acceptors (Lipinski definition) is 6. The summed E-state index contributed by atoms with van der Waals surface area (Å²) >= 11 is 1.11. The van der Waals surface area contributed by atoms with Crippen LogP contribution in [0.15, 0.2) is 4.79 Å². The third-order valence-electron chi connectivity index (χ3n) is 2.92. The van der Waals surface area contributed by atoms with Gasteiger partial charge in [0.1, 0.15) is 0 Å². The summed E-state index contributed by atoms with van der Waals surface area (Å²) in [5, 5.41) is 0. The van der Waals surface area contributed by atoms with Gasteiger partial charge in [-0.1, -0.05) is 0 Å². The lowest BCUT2D eigenvalue weighted by Crippen LogP contribution is -2.20. The Morgan fingerprint density at radius 3 is 2.40 bits per heavy atom. The summed E-state index contributed by atoms with van der Waals surface area (Å²) in [6.45, 7) is 1.84. The van der Waals surface area contributed by atoms with E-state index in [2.05, 4.69) is 0 Å². The van der Waals surface area contributed by atoms with Crippen LogP contribution in [-0.4, -0.2) is 34.2 Å². The number of hydrogen-bond donors (Lipinski definition) is 0. The fraction of sp³-hybridized carbons (Fsp3) is 0.417. The molecule has 0 fully saturated rings. The second kappa shape index (κ2) is 5.12. The maximum absolute atomic E-state index is 12.2. The normalized spacial score (nSPS) is 10.8. The van der Waals surface area contributed by atoms with Gasteiger partial charge in [-0.15, -0.1) is 0 Å². The highest BCUT2D eigenvalue weighted by molar-refractivity contribution is 7.09. The molecule has 2 heterocycles. The number of aryl methyl sites for hydroxylation is 1. The summed E-state index contributed by atoms with van der Waals surface area (Å²) in [5.41, 5.74) is 0.235. The largest absolute Gasteiger partial charge is 0.465 e. The smallest absolute Gasteiger partial charge is 0.351 e. The Bertz CT molecular complexity index is 709. The van der Waals surface area contributed by atoms with Crippen molar-refractivity contribution in [2.45, 2.75) is 6.92 Å². The highest BCUT2D eigenvalue weighted by Crippen LogP contribution is 2.34.